The van der Waals surface area contributed by atoms with E-state index in [9.17, 15) is 0 Å². The number of hydrogen-bond donors (Lipinski definition) is 1. The highest BCUT2D eigenvalue weighted by molar-refractivity contribution is 5.12. The summed E-state index contributed by atoms with van der Waals surface area (Å²) in [6, 6.07) is 0. The molecule has 0 spiro atoms. The number of allylic oxidation sites excluding steroid dienone is 4. The molecule has 0 saturated heterocycles. The molecule has 0 bridgehead atoms. The third-order valence-corrected chi connectivity index (χ3v) is 3.53. The molecular formula is C14H20O2. The quantitative estimate of drug-likeness (QED) is 0.444. The smallest absolute Gasteiger partial charge is 0.125 e. The lowest BCUT2D eigenvalue weighted by atomic mass is 9.86. The Kier molecular flexibility index (Phi) is 3.97. The molecule has 0 aromatic heterocycles. The van der Waals surface area contributed by atoms with Crippen molar-refractivity contribution >= 4 is 0 Å². The third kappa shape index (κ3) is 2.83. The molecule has 2 unspecified atom stereocenters. The van der Waals surface area contributed by atoms with Crippen LogP contribution in [0.1, 0.15) is 38.5 Å². The molecule has 0 fully saturated rings. The normalized spacial score (nSPS) is 34.7. The molecule has 0 saturated carbocycles. The van der Waals surface area contributed by atoms with Crippen LogP contribution in [0, 0.1) is 5.92 Å². The van der Waals surface area contributed by atoms with Crippen LogP contribution in [0.25, 0.3) is 0 Å². The maximum atomic E-state index is 9.07. The van der Waals surface area contributed by atoms with Gasteiger partial charge in [-0.3, -0.25) is 5.26 Å². The highest BCUT2D eigenvalue weighted by Crippen LogP contribution is 2.30. The molecule has 88 valence electrons. The van der Waals surface area contributed by atoms with Crippen LogP contribution < -0.4 is 0 Å². The summed E-state index contributed by atoms with van der Waals surface area (Å²) in [6.07, 6.45) is 19.1. The van der Waals surface area contributed by atoms with E-state index in [1.807, 2.05) is 0 Å². The van der Waals surface area contributed by atoms with Crippen molar-refractivity contribution in [3.63, 3.8) is 0 Å². The van der Waals surface area contributed by atoms with Gasteiger partial charge in [0.25, 0.3) is 0 Å². The molecule has 2 aliphatic rings. The van der Waals surface area contributed by atoms with Crippen LogP contribution in [0.5, 0.6) is 0 Å². The molecule has 2 aliphatic carbocycles. The summed E-state index contributed by atoms with van der Waals surface area (Å²) in [7, 11) is 0. The van der Waals surface area contributed by atoms with E-state index in [0.717, 1.165) is 25.7 Å². The Bertz CT molecular complexity index is 304. The second kappa shape index (κ2) is 5.46. The van der Waals surface area contributed by atoms with Crippen LogP contribution in [0.3, 0.4) is 0 Å². The van der Waals surface area contributed by atoms with Gasteiger partial charge in [-0.15, -0.1) is 0 Å². The van der Waals surface area contributed by atoms with Crippen LogP contribution in [-0.4, -0.2) is 10.9 Å². The van der Waals surface area contributed by atoms with Gasteiger partial charge in [0.05, 0.1) is 0 Å². The lowest BCUT2D eigenvalue weighted by molar-refractivity contribution is -0.309. The Morgan fingerprint density at radius 1 is 1.19 bits per heavy atom. The topological polar surface area (TPSA) is 29.5 Å². The van der Waals surface area contributed by atoms with E-state index in [4.69, 9.17) is 10.1 Å². The summed E-state index contributed by atoms with van der Waals surface area (Å²) in [5.41, 5.74) is -0.462. The van der Waals surface area contributed by atoms with Gasteiger partial charge in [0, 0.05) is 6.42 Å². The SMILES string of the molecule is OOC1(C=CC2CC=CCC2)CC=CCC1. The molecule has 2 atom stereocenters. The molecule has 0 radical (unpaired) electrons. The van der Waals surface area contributed by atoms with Crippen molar-refractivity contribution < 1.29 is 10.1 Å². The molecule has 0 amide bonds. The van der Waals surface area contributed by atoms with Crippen LogP contribution in [-0.2, 0) is 4.89 Å². The first-order valence-corrected chi connectivity index (χ1v) is 6.17. The summed E-state index contributed by atoms with van der Waals surface area (Å²) >= 11 is 0. The second-order valence-corrected chi connectivity index (χ2v) is 4.77. The highest BCUT2D eigenvalue weighted by Gasteiger charge is 2.28. The fourth-order valence-corrected chi connectivity index (χ4v) is 2.40. The average Bonchev–Trinajstić information content (AvgIpc) is 2.39. The van der Waals surface area contributed by atoms with Gasteiger partial charge in [0.2, 0.25) is 0 Å². The van der Waals surface area contributed by atoms with E-state index in [1.165, 1.54) is 12.8 Å². The van der Waals surface area contributed by atoms with E-state index in [1.54, 1.807) is 0 Å². The van der Waals surface area contributed by atoms with Crippen LogP contribution >= 0.6 is 0 Å². The Morgan fingerprint density at radius 2 is 2.06 bits per heavy atom. The molecule has 0 heterocycles. The van der Waals surface area contributed by atoms with Gasteiger partial charge in [-0.2, -0.15) is 0 Å². The fourth-order valence-electron chi connectivity index (χ4n) is 2.40. The molecule has 0 aliphatic heterocycles. The Morgan fingerprint density at radius 3 is 2.69 bits per heavy atom. The van der Waals surface area contributed by atoms with Gasteiger partial charge in [0.15, 0.2) is 0 Å². The van der Waals surface area contributed by atoms with Gasteiger partial charge in [-0.25, -0.2) is 4.89 Å². The van der Waals surface area contributed by atoms with E-state index < -0.39 is 5.60 Å². The fraction of sp³-hybridized carbons (Fsp3) is 0.571. The van der Waals surface area contributed by atoms with E-state index in [-0.39, 0.29) is 0 Å². The lowest BCUT2D eigenvalue weighted by Crippen LogP contribution is -2.30. The Labute approximate surface area is 97.2 Å². The highest BCUT2D eigenvalue weighted by atomic mass is 17.1. The standard InChI is InChI=1S/C14H20O2/c15-16-14(10-5-2-6-11-14)12-9-13-7-3-1-4-8-13/h1-3,5,9,12-13,15H,4,6-8,10-11H2. The van der Waals surface area contributed by atoms with Gasteiger partial charge in [0.1, 0.15) is 5.60 Å². The van der Waals surface area contributed by atoms with Crippen molar-refractivity contribution in [1.29, 1.82) is 0 Å². The molecule has 2 rings (SSSR count). The minimum atomic E-state index is -0.462. The Balaban J connectivity index is 1.97. The summed E-state index contributed by atoms with van der Waals surface area (Å²) in [6.45, 7) is 0. The first kappa shape index (κ1) is 11.6. The largest absolute Gasteiger partial charge is 0.251 e. The van der Waals surface area contributed by atoms with Gasteiger partial charge >= 0.3 is 0 Å². The minimum absolute atomic E-state index is 0.462. The lowest BCUT2D eigenvalue weighted by Gasteiger charge is -2.28. The molecule has 2 nitrogen and oxygen atoms in total. The van der Waals surface area contributed by atoms with Crippen LogP contribution in [0.15, 0.2) is 36.5 Å². The molecule has 0 aromatic rings. The monoisotopic (exact) mass is 220 g/mol. The van der Waals surface area contributed by atoms with Gasteiger partial charge < -0.3 is 0 Å². The third-order valence-electron chi connectivity index (χ3n) is 3.53. The van der Waals surface area contributed by atoms with E-state index >= 15 is 0 Å². The van der Waals surface area contributed by atoms with Crippen molar-refractivity contribution in [2.75, 3.05) is 0 Å². The Hall–Kier alpha value is -0.860. The van der Waals surface area contributed by atoms with Crippen LogP contribution in [0.2, 0.25) is 0 Å². The van der Waals surface area contributed by atoms with Crippen LogP contribution in [0.4, 0.5) is 0 Å². The van der Waals surface area contributed by atoms with Crippen molar-refractivity contribution in [1.82, 2.24) is 0 Å². The summed E-state index contributed by atoms with van der Waals surface area (Å²) in [4.78, 5) is 4.71. The average molecular weight is 220 g/mol. The molecule has 2 heteroatoms. The molecular weight excluding hydrogens is 200 g/mol. The zero-order valence-corrected chi connectivity index (χ0v) is 9.64. The zero-order valence-electron chi connectivity index (χ0n) is 9.64. The maximum absolute atomic E-state index is 9.07. The van der Waals surface area contributed by atoms with E-state index in [0.29, 0.717) is 5.92 Å². The predicted molar refractivity (Wildman–Crippen MR) is 65.1 cm³/mol. The second-order valence-electron chi connectivity index (χ2n) is 4.77. The number of rotatable bonds is 3. The molecule has 1 N–H and O–H groups in total. The van der Waals surface area contributed by atoms with E-state index in [2.05, 4.69) is 36.5 Å². The van der Waals surface area contributed by atoms with Gasteiger partial charge in [-0.05, 0) is 38.0 Å². The first-order chi connectivity index (χ1) is 7.85. The summed E-state index contributed by atoms with van der Waals surface area (Å²) < 4.78 is 0. The van der Waals surface area contributed by atoms with Gasteiger partial charge in [-0.1, -0.05) is 36.5 Å². The number of hydrogen-bond acceptors (Lipinski definition) is 2. The van der Waals surface area contributed by atoms with Crippen molar-refractivity contribution in [3.8, 4) is 0 Å². The summed E-state index contributed by atoms with van der Waals surface area (Å²) in [5, 5.41) is 9.07. The van der Waals surface area contributed by atoms with Crippen molar-refractivity contribution in [2.24, 2.45) is 5.92 Å². The van der Waals surface area contributed by atoms with Crippen molar-refractivity contribution in [3.05, 3.63) is 36.5 Å². The molecule has 16 heavy (non-hydrogen) atoms. The van der Waals surface area contributed by atoms with Crippen molar-refractivity contribution in [2.45, 2.75) is 44.1 Å². The summed E-state index contributed by atoms with van der Waals surface area (Å²) in [5.74, 6) is 0.614. The predicted octanol–water partition coefficient (Wildman–Crippen LogP) is 3.87. The maximum Gasteiger partial charge on any atom is 0.125 e. The molecule has 0 aromatic carbocycles. The first-order valence-electron chi connectivity index (χ1n) is 6.17. The minimum Gasteiger partial charge on any atom is -0.251 e. The zero-order chi connectivity index (χ0) is 11.3.